The van der Waals surface area contributed by atoms with Crippen molar-refractivity contribution in [2.24, 2.45) is 23.3 Å². The number of ether oxygens (including phenoxy) is 1. The summed E-state index contributed by atoms with van der Waals surface area (Å²) < 4.78 is 7.46. The summed E-state index contributed by atoms with van der Waals surface area (Å²) in [5.41, 5.74) is 18.7. The SMILES string of the molecule is CCC(Cc1cc(-n2nc(C)c3c(-c4cnc5ccccc5c4)cccc32)ccc1C(N)=O)C1CCC(OC(=O)CN)CC1. The summed E-state index contributed by atoms with van der Waals surface area (Å²) in [7, 11) is 0. The number of pyridine rings is 1. The normalized spacial score (nSPS) is 17.5. The molecule has 8 heteroatoms. The van der Waals surface area contributed by atoms with Crippen LogP contribution in [0, 0.1) is 18.8 Å². The zero-order valence-corrected chi connectivity index (χ0v) is 25.3. The highest BCUT2D eigenvalue weighted by atomic mass is 16.5. The number of hydrogen-bond acceptors (Lipinski definition) is 6. The third-order valence-electron chi connectivity index (χ3n) is 9.24. The predicted molar refractivity (Wildman–Crippen MR) is 173 cm³/mol. The quantitative estimate of drug-likeness (QED) is 0.195. The van der Waals surface area contributed by atoms with Gasteiger partial charge in [-0.1, -0.05) is 43.7 Å². The Bertz CT molecular complexity index is 1840. The van der Waals surface area contributed by atoms with Crippen LogP contribution in [0.5, 0.6) is 0 Å². The number of primary amides is 1. The molecule has 1 aliphatic carbocycles. The summed E-state index contributed by atoms with van der Waals surface area (Å²) in [6, 6.07) is 22.4. The Hall–Kier alpha value is -4.56. The molecule has 0 bridgehead atoms. The van der Waals surface area contributed by atoms with Crippen LogP contribution in [-0.4, -0.2) is 39.3 Å². The van der Waals surface area contributed by atoms with Gasteiger partial charge in [0.05, 0.1) is 29.0 Å². The molecule has 0 radical (unpaired) electrons. The number of amides is 1. The number of esters is 1. The van der Waals surface area contributed by atoms with Gasteiger partial charge in [0.25, 0.3) is 0 Å². The van der Waals surface area contributed by atoms with Crippen molar-refractivity contribution in [2.75, 3.05) is 6.54 Å². The Morgan fingerprint density at radius 3 is 2.57 bits per heavy atom. The summed E-state index contributed by atoms with van der Waals surface area (Å²) in [5, 5.41) is 7.15. The molecule has 44 heavy (non-hydrogen) atoms. The molecule has 5 aromatic rings. The van der Waals surface area contributed by atoms with E-state index in [1.807, 2.05) is 48.1 Å². The van der Waals surface area contributed by atoms with Crippen molar-refractivity contribution in [1.82, 2.24) is 14.8 Å². The largest absolute Gasteiger partial charge is 0.461 e. The fraction of sp³-hybridized carbons (Fsp3) is 0.333. The third kappa shape index (κ3) is 5.82. The van der Waals surface area contributed by atoms with Crippen molar-refractivity contribution < 1.29 is 14.3 Å². The minimum absolute atomic E-state index is 0.0593. The molecule has 6 rings (SSSR count). The Morgan fingerprint density at radius 2 is 1.82 bits per heavy atom. The lowest BCUT2D eigenvalue weighted by molar-refractivity contribution is -0.149. The van der Waals surface area contributed by atoms with Gasteiger partial charge >= 0.3 is 5.97 Å². The second kappa shape index (κ2) is 12.6. The van der Waals surface area contributed by atoms with Gasteiger partial charge in [0.2, 0.25) is 5.91 Å². The second-order valence-corrected chi connectivity index (χ2v) is 11.9. The first-order valence-electron chi connectivity index (χ1n) is 15.5. The topological polar surface area (TPSA) is 126 Å². The standard InChI is InChI=1S/C36H39N5O3/c1-3-23(24-11-14-29(15-12-24)44-34(42)20-37)17-26-19-28(13-16-31(26)36(38)43)41-33-10-6-8-30(35(33)22(2)40-41)27-18-25-7-4-5-9-32(25)39-21-27/h4-10,13,16,18-19,21,23-24,29H,3,11-12,14-15,17,20,37H2,1-2H3,(H2,38,43). The molecule has 0 aliphatic heterocycles. The van der Waals surface area contributed by atoms with Crippen LogP contribution < -0.4 is 11.5 Å². The highest BCUT2D eigenvalue weighted by Crippen LogP contribution is 2.37. The smallest absolute Gasteiger partial charge is 0.319 e. The van der Waals surface area contributed by atoms with E-state index in [0.717, 1.165) is 88.4 Å². The fourth-order valence-electron chi connectivity index (χ4n) is 6.97. The number of benzene rings is 3. The van der Waals surface area contributed by atoms with Gasteiger partial charge in [-0.25, -0.2) is 4.68 Å². The number of aryl methyl sites for hydroxylation is 1. The van der Waals surface area contributed by atoms with Gasteiger partial charge in [-0.3, -0.25) is 14.6 Å². The van der Waals surface area contributed by atoms with Gasteiger partial charge in [0.15, 0.2) is 0 Å². The lowest BCUT2D eigenvalue weighted by Gasteiger charge is -2.33. The first-order valence-corrected chi connectivity index (χ1v) is 15.5. The fourth-order valence-corrected chi connectivity index (χ4v) is 6.97. The molecule has 1 unspecified atom stereocenters. The molecular formula is C36H39N5O3. The van der Waals surface area contributed by atoms with Crippen LogP contribution in [0.4, 0.5) is 0 Å². The number of carbonyl (C=O) groups is 2. The van der Waals surface area contributed by atoms with E-state index >= 15 is 0 Å². The van der Waals surface area contributed by atoms with Crippen LogP contribution in [0.1, 0.15) is 60.6 Å². The maximum Gasteiger partial charge on any atom is 0.319 e. The molecule has 0 spiro atoms. The van der Waals surface area contributed by atoms with Crippen LogP contribution >= 0.6 is 0 Å². The molecule has 3 aromatic carbocycles. The first kappa shape index (κ1) is 29.5. The minimum Gasteiger partial charge on any atom is -0.461 e. The Labute approximate surface area is 257 Å². The van der Waals surface area contributed by atoms with Gasteiger partial charge in [0, 0.05) is 28.1 Å². The highest BCUT2D eigenvalue weighted by Gasteiger charge is 2.29. The summed E-state index contributed by atoms with van der Waals surface area (Å²) in [6.45, 7) is 4.15. The summed E-state index contributed by atoms with van der Waals surface area (Å²) in [4.78, 5) is 28.9. The lowest BCUT2D eigenvalue weighted by Crippen LogP contribution is -2.30. The van der Waals surface area contributed by atoms with E-state index in [9.17, 15) is 9.59 Å². The van der Waals surface area contributed by atoms with Crippen molar-refractivity contribution in [1.29, 1.82) is 0 Å². The summed E-state index contributed by atoms with van der Waals surface area (Å²) >= 11 is 0. The van der Waals surface area contributed by atoms with E-state index < -0.39 is 5.91 Å². The molecule has 4 N–H and O–H groups in total. The zero-order chi connectivity index (χ0) is 30.8. The molecule has 1 amide bonds. The van der Waals surface area contributed by atoms with Crippen LogP contribution in [0.25, 0.3) is 38.6 Å². The number of para-hydroxylation sites is 1. The van der Waals surface area contributed by atoms with E-state index in [0.29, 0.717) is 17.4 Å². The monoisotopic (exact) mass is 589 g/mol. The van der Waals surface area contributed by atoms with Crippen molar-refractivity contribution in [3.8, 4) is 16.8 Å². The lowest BCUT2D eigenvalue weighted by atomic mass is 9.75. The van der Waals surface area contributed by atoms with Crippen LogP contribution in [-0.2, 0) is 16.0 Å². The highest BCUT2D eigenvalue weighted by molar-refractivity contribution is 5.99. The van der Waals surface area contributed by atoms with E-state index in [-0.39, 0.29) is 18.6 Å². The third-order valence-corrected chi connectivity index (χ3v) is 9.24. The number of hydrogen-bond donors (Lipinski definition) is 2. The summed E-state index contributed by atoms with van der Waals surface area (Å²) in [6.07, 6.45) is 7.21. The number of nitrogens with zero attached hydrogens (tertiary/aromatic N) is 3. The van der Waals surface area contributed by atoms with Crippen molar-refractivity contribution in [3.63, 3.8) is 0 Å². The predicted octanol–water partition coefficient (Wildman–Crippen LogP) is 6.28. The average Bonchev–Trinajstić information content (AvgIpc) is 3.40. The molecule has 0 saturated heterocycles. The summed E-state index contributed by atoms with van der Waals surface area (Å²) in [5.74, 6) is 0.0815. The number of nitrogens with two attached hydrogens (primary N) is 2. The molecular weight excluding hydrogens is 550 g/mol. The van der Waals surface area contributed by atoms with Crippen LogP contribution in [0.3, 0.4) is 0 Å². The van der Waals surface area contributed by atoms with Crippen molar-refractivity contribution in [3.05, 3.63) is 89.7 Å². The zero-order valence-electron chi connectivity index (χ0n) is 25.3. The van der Waals surface area contributed by atoms with Crippen LogP contribution in [0.2, 0.25) is 0 Å². The molecule has 2 aromatic heterocycles. The molecule has 1 atom stereocenters. The Kier molecular flexibility index (Phi) is 8.44. The number of aromatic nitrogens is 3. The van der Waals surface area contributed by atoms with Gasteiger partial charge < -0.3 is 16.2 Å². The molecule has 8 nitrogen and oxygen atoms in total. The average molecular weight is 590 g/mol. The van der Waals surface area contributed by atoms with Gasteiger partial charge in [-0.2, -0.15) is 5.10 Å². The van der Waals surface area contributed by atoms with E-state index in [4.69, 9.17) is 26.3 Å². The molecule has 226 valence electrons. The Morgan fingerprint density at radius 1 is 1.02 bits per heavy atom. The Balaban J connectivity index is 1.32. The number of fused-ring (bicyclic) bond motifs is 2. The van der Waals surface area contributed by atoms with E-state index in [1.165, 1.54) is 0 Å². The van der Waals surface area contributed by atoms with Crippen molar-refractivity contribution in [2.45, 2.75) is 58.5 Å². The van der Waals surface area contributed by atoms with Crippen LogP contribution in [0.15, 0.2) is 72.9 Å². The molecule has 2 heterocycles. The maximum atomic E-state index is 12.5. The van der Waals surface area contributed by atoms with E-state index in [1.54, 1.807) is 0 Å². The second-order valence-electron chi connectivity index (χ2n) is 11.9. The number of carbonyl (C=O) groups excluding carboxylic acids is 2. The number of rotatable bonds is 9. The maximum absolute atomic E-state index is 12.5. The minimum atomic E-state index is -0.425. The first-order chi connectivity index (χ1) is 21.4. The van der Waals surface area contributed by atoms with Gasteiger partial charge in [-0.15, -0.1) is 0 Å². The molecule has 1 fully saturated rings. The van der Waals surface area contributed by atoms with Gasteiger partial charge in [-0.05, 0) is 98.4 Å². The van der Waals surface area contributed by atoms with Gasteiger partial charge in [0.1, 0.15) is 6.10 Å². The molecule has 1 aliphatic rings. The molecule has 1 saturated carbocycles. The van der Waals surface area contributed by atoms with Crippen molar-refractivity contribution >= 4 is 33.7 Å². The van der Waals surface area contributed by atoms with E-state index in [2.05, 4.69) is 43.3 Å².